The molecule has 0 saturated heterocycles. The molecule has 2 aromatic rings. The zero-order valence-electron chi connectivity index (χ0n) is 15.6. The molecule has 1 atom stereocenters. The van der Waals surface area contributed by atoms with Crippen molar-refractivity contribution in [2.75, 3.05) is 20.8 Å². The Morgan fingerprint density at radius 2 is 1.67 bits per heavy atom. The van der Waals surface area contributed by atoms with Crippen molar-refractivity contribution in [2.24, 2.45) is 0 Å². The highest BCUT2D eigenvalue weighted by Gasteiger charge is 2.25. The summed E-state index contributed by atoms with van der Waals surface area (Å²) in [5.74, 6) is 0.852. The van der Waals surface area contributed by atoms with Crippen molar-refractivity contribution in [1.82, 2.24) is 10.2 Å². The van der Waals surface area contributed by atoms with Crippen LogP contribution in [0.25, 0.3) is 0 Å². The zero-order valence-corrected chi connectivity index (χ0v) is 17.7. The number of nitrogens with one attached hydrogen (secondary N) is 1. The van der Waals surface area contributed by atoms with E-state index in [0.717, 1.165) is 14.9 Å². The van der Waals surface area contributed by atoms with Crippen molar-refractivity contribution in [1.29, 1.82) is 0 Å². The first kappa shape index (κ1) is 21.0. The van der Waals surface area contributed by atoms with Crippen molar-refractivity contribution < 1.29 is 19.1 Å². The number of hydrogen-bond acceptors (Lipinski definition) is 4. The van der Waals surface area contributed by atoms with Gasteiger partial charge in [0.2, 0.25) is 5.91 Å². The second-order valence-corrected chi connectivity index (χ2v) is 7.15. The number of methoxy groups -OCH3 is 1. The fourth-order valence-electron chi connectivity index (χ4n) is 2.48. The maximum absolute atomic E-state index is 12.8. The number of likely N-dealkylation sites (N-methyl/N-ethyl adjacent to an activating group) is 1. The van der Waals surface area contributed by atoms with Gasteiger partial charge in [0.25, 0.3) is 5.91 Å². The molecule has 0 aliphatic rings. The van der Waals surface area contributed by atoms with Gasteiger partial charge < -0.3 is 19.7 Å². The summed E-state index contributed by atoms with van der Waals surface area (Å²) in [5.41, 5.74) is 0.897. The Balaban J connectivity index is 2.10. The normalized spacial score (nSPS) is 11.4. The van der Waals surface area contributed by atoms with Crippen LogP contribution in [0.15, 0.2) is 48.5 Å². The number of benzene rings is 2. The van der Waals surface area contributed by atoms with Crippen LogP contribution in [0.5, 0.6) is 11.5 Å². The average Bonchev–Trinajstić information content (AvgIpc) is 2.70. The van der Waals surface area contributed by atoms with E-state index in [2.05, 4.69) is 27.9 Å². The van der Waals surface area contributed by atoms with Gasteiger partial charge in [-0.1, -0.05) is 12.1 Å². The standard InChI is InChI=1S/C20H23IN2O4/c1-14(20(25)22-2)23(12-15-4-8-17(26-3)9-5-15)19(24)13-27-18-10-6-16(21)7-11-18/h4-11,14H,12-13H2,1-3H3,(H,22,25). The summed E-state index contributed by atoms with van der Waals surface area (Å²) < 4.78 is 11.8. The Morgan fingerprint density at radius 3 is 2.22 bits per heavy atom. The molecule has 1 N–H and O–H groups in total. The van der Waals surface area contributed by atoms with Gasteiger partial charge in [0.15, 0.2) is 6.61 Å². The molecule has 6 nitrogen and oxygen atoms in total. The van der Waals surface area contributed by atoms with Crippen LogP contribution in [0.1, 0.15) is 12.5 Å². The van der Waals surface area contributed by atoms with Crippen molar-refractivity contribution >= 4 is 34.4 Å². The third-order valence-electron chi connectivity index (χ3n) is 4.10. The molecule has 0 heterocycles. The number of nitrogens with zero attached hydrogens (tertiary/aromatic N) is 1. The molecule has 2 rings (SSSR count). The van der Waals surface area contributed by atoms with Crippen LogP contribution < -0.4 is 14.8 Å². The predicted octanol–water partition coefficient (Wildman–Crippen LogP) is 2.84. The molecular formula is C20H23IN2O4. The minimum absolute atomic E-state index is 0.141. The molecule has 7 heteroatoms. The van der Waals surface area contributed by atoms with Crippen LogP contribution in [0.2, 0.25) is 0 Å². The Morgan fingerprint density at radius 1 is 1.07 bits per heavy atom. The second kappa shape index (κ2) is 10.1. The van der Waals surface area contributed by atoms with Crippen LogP contribution in [-0.2, 0) is 16.1 Å². The summed E-state index contributed by atoms with van der Waals surface area (Å²) in [6, 6.07) is 14.2. The summed E-state index contributed by atoms with van der Waals surface area (Å²) in [7, 11) is 3.15. The molecule has 0 radical (unpaired) electrons. The van der Waals surface area contributed by atoms with Gasteiger partial charge in [-0.25, -0.2) is 0 Å². The van der Waals surface area contributed by atoms with E-state index >= 15 is 0 Å². The van der Waals surface area contributed by atoms with Crippen molar-refractivity contribution in [3.8, 4) is 11.5 Å². The lowest BCUT2D eigenvalue weighted by atomic mass is 10.1. The van der Waals surface area contributed by atoms with Crippen LogP contribution >= 0.6 is 22.6 Å². The van der Waals surface area contributed by atoms with E-state index in [9.17, 15) is 9.59 Å². The molecule has 0 bridgehead atoms. The number of amides is 2. The van der Waals surface area contributed by atoms with E-state index in [1.54, 1.807) is 21.1 Å². The topological polar surface area (TPSA) is 67.9 Å². The first-order valence-corrected chi connectivity index (χ1v) is 9.55. The van der Waals surface area contributed by atoms with Gasteiger partial charge in [-0.3, -0.25) is 9.59 Å². The van der Waals surface area contributed by atoms with E-state index in [4.69, 9.17) is 9.47 Å². The highest BCUT2D eigenvalue weighted by molar-refractivity contribution is 14.1. The first-order chi connectivity index (χ1) is 12.9. The SMILES string of the molecule is CNC(=O)C(C)N(Cc1ccc(OC)cc1)C(=O)COc1ccc(I)cc1. The van der Waals surface area contributed by atoms with Crippen molar-refractivity contribution in [2.45, 2.75) is 19.5 Å². The lowest BCUT2D eigenvalue weighted by molar-refractivity contribution is -0.142. The molecule has 0 aromatic heterocycles. The summed E-state index contributed by atoms with van der Waals surface area (Å²) in [5, 5.41) is 2.59. The Bertz CT molecular complexity index is 763. The first-order valence-electron chi connectivity index (χ1n) is 8.47. The van der Waals surface area contributed by atoms with Gasteiger partial charge in [0.1, 0.15) is 17.5 Å². The highest BCUT2D eigenvalue weighted by atomic mass is 127. The molecule has 2 amide bonds. The molecule has 144 valence electrons. The lowest BCUT2D eigenvalue weighted by Crippen LogP contribution is -2.48. The minimum Gasteiger partial charge on any atom is -0.497 e. The second-order valence-electron chi connectivity index (χ2n) is 5.90. The number of carbonyl (C=O) groups is 2. The third-order valence-corrected chi connectivity index (χ3v) is 4.82. The number of carbonyl (C=O) groups excluding carboxylic acids is 2. The van der Waals surface area contributed by atoms with E-state index in [1.807, 2.05) is 48.5 Å². The quantitative estimate of drug-likeness (QED) is 0.588. The Labute approximate surface area is 173 Å². The monoisotopic (exact) mass is 482 g/mol. The fraction of sp³-hybridized carbons (Fsp3) is 0.300. The molecule has 0 spiro atoms. The maximum atomic E-state index is 12.8. The molecule has 0 saturated carbocycles. The van der Waals surface area contributed by atoms with E-state index in [-0.39, 0.29) is 18.4 Å². The molecule has 27 heavy (non-hydrogen) atoms. The Hall–Kier alpha value is -2.29. The van der Waals surface area contributed by atoms with Crippen molar-refractivity contribution in [3.63, 3.8) is 0 Å². The fourth-order valence-corrected chi connectivity index (χ4v) is 2.84. The van der Waals surface area contributed by atoms with E-state index in [0.29, 0.717) is 12.3 Å². The zero-order chi connectivity index (χ0) is 19.8. The Kier molecular flexibility index (Phi) is 7.90. The van der Waals surface area contributed by atoms with Gasteiger partial charge in [0, 0.05) is 17.2 Å². The largest absolute Gasteiger partial charge is 0.497 e. The van der Waals surface area contributed by atoms with Crippen molar-refractivity contribution in [3.05, 3.63) is 57.7 Å². The lowest BCUT2D eigenvalue weighted by Gasteiger charge is -2.28. The average molecular weight is 482 g/mol. The number of ether oxygens (including phenoxy) is 2. The summed E-state index contributed by atoms with van der Waals surface area (Å²) >= 11 is 2.20. The van der Waals surface area contributed by atoms with E-state index in [1.165, 1.54) is 4.90 Å². The molecule has 0 fully saturated rings. The smallest absolute Gasteiger partial charge is 0.261 e. The van der Waals surface area contributed by atoms with Gasteiger partial charge >= 0.3 is 0 Å². The number of rotatable bonds is 8. The van der Waals surface area contributed by atoms with Crippen LogP contribution in [0.3, 0.4) is 0 Å². The van der Waals surface area contributed by atoms with Gasteiger partial charge in [-0.15, -0.1) is 0 Å². The van der Waals surface area contributed by atoms with Gasteiger partial charge in [-0.2, -0.15) is 0 Å². The molecule has 2 aromatic carbocycles. The van der Waals surface area contributed by atoms with Gasteiger partial charge in [-0.05, 0) is 71.5 Å². The van der Waals surface area contributed by atoms with Crippen LogP contribution in [-0.4, -0.2) is 43.5 Å². The summed E-state index contributed by atoms with van der Waals surface area (Å²) in [4.78, 5) is 26.4. The molecule has 0 aliphatic heterocycles. The van der Waals surface area contributed by atoms with Gasteiger partial charge in [0.05, 0.1) is 7.11 Å². The molecule has 0 aliphatic carbocycles. The maximum Gasteiger partial charge on any atom is 0.261 e. The number of hydrogen-bond donors (Lipinski definition) is 1. The summed E-state index contributed by atoms with van der Waals surface area (Å²) in [6.07, 6.45) is 0. The van der Waals surface area contributed by atoms with E-state index < -0.39 is 6.04 Å². The van der Waals surface area contributed by atoms with Crippen LogP contribution in [0, 0.1) is 3.57 Å². The van der Waals surface area contributed by atoms with Crippen LogP contribution in [0.4, 0.5) is 0 Å². The highest BCUT2D eigenvalue weighted by Crippen LogP contribution is 2.16. The predicted molar refractivity (Wildman–Crippen MR) is 112 cm³/mol. The minimum atomic E-state index is -0.620. The third kappa shape index (κ3) is 6.13. The number of halogens is 1. The molecule has 1 unspecified atom stereocenters. The summed E-state index contributed by atoms with van der Waals surface area (Å²) in [6.45, 7) is 1.86. The molecular weight excluding hydrogens is 459 g/mol.